The number of benzene rings is 1. The van der Waals surface area contributed by atoms with Crippen LogP contribution in [0.3, 0.4) is 0 Å². The standard InChI is InChI=1S/C20H20N2O2S2/c1-24-15-5-2-4-14(12-15)21-19(23)13-22-9-7-17-16(8-11-26-17)20(22)18-6-3-10-25-18/h2-6,8,10-12,20H,7,9,13H2,1H3,(H,21,23)/t20-/m0/s1. The molecule has 1 aromatic carbocycles. The Balaban J connectivity index is 1.52. The fraction of sp³-hybridized carbons (Fsp3) is 0.250. The maximum atomic E-state index is 12.7. The highest BCUT2D eigenvalue weighted by atomic mass is 32.1. The average molecular weight is 385 g/mol. The number of rotatable bonds is 5. The van der Waals surface area contributed by atoms with Crippen LogP contribution in [0.4, 0.5) is 5.69 Å². The molecule has 0 bridgehead atoms. The Labute approximate surface area is 161 Å². The average Bonchev–Trinajstić information content (AvgIpc) is 3.33. The number of nitrogens with zero attached hydrogens (tertiary/aromatic N) is 1. The lowest BCUT2D eigenvalue weighted by Gasteiger charge is -2.34. The minimum Gasteiger partial charge on any atom is -0.497 e. The lowest BCUT2D eigenvalue weighted by atomic mass is 9.98. The summed E-state index contributed by atoms with van der Waals surface area (Å²) in [5.74, 6) is 0.735. The van der Waals surface area contributed by atoms with Crippen molar-refractivity contribution in [1.29, 1.82) is 0 Å². The Morgan fingerprint density at radius 2 is 2.15 bits per heavy atom. The van der Waals surface area contributed by atoms with Crippen molar-refractivity contribution in [2.24, 2.45) is 0 Å². The fourth-order valence-corrected chi connectivity index (χ4v) is 5.18. The zero-order valence-electron chi connectivity index (χ0n) is 14.5. The van der Waals surface area contributed by atoms with E-state index in [1.807, 2.05) is 35.6 Å². The SMILES string of the molecule is COc1cccc(NC(=O)CN2CCc3sccc3[C@H]2c2cccs2)c1. The minimum absolute atomic E-state index is 0.00140. The van der Waals surface area contributed by atoms with Gasteiger partial charge in [-0.1, -0.05) is 12.1 Å². The Morgan fingerprint density at radius 3 is 2.96 bits per heavy atom. The van der Waals surface area contributed by atoms with Gasteiger partial charge in [-0.2, -0.15) is 0 Å². The zero-order valence-corrected chi connectivity index (χ0v) is 16.1. The number of anilines is 1. The van der Waals surface area contributed by atoms with E-state index >= 15 is 0 Å². The molecular weight excluding hydrogens is 364 g/mol. The number of nitrogens with one attached hydrogen (secondary N) is 1. The van der Waals surface area contributed by atoms with Gasteiger partial charge in [0.2, 0.25) is 5.91 Å². The van der Waals surface area contributed by atoms with Crippen LogP contribution in [0.5, 0.6) is 5.75 Å². The van der Waals surface area contributed by atoms with Gasteiger partial charge in [-0.3, -0.25) is 9.69 Å². The van der Waals surface area contributed by atoms with Crippen LogP contribution in [0.15, 0.2) is 53.2 Å². The van der Waals surface area contributed by atoms with Crippen molar-refractivity contribution in [2.75, 3.05) is 25.5 Å². The summed E-state index contributed by atoms with van der Waals surface area (Å²) < 4.78 is 5.22. The Hall–Kier alpha value is -2.15. The van der Waals surface area contributed by atoms with Crippen molar-refractivity contribution in [3.63, 3.8) is 0 Å². The minimum atomic E-state index is -0.00140. The monoisotopic (exact) mass is 384 g/mol. The summed E-state index contributed by atoms with van der Waals surface area (Å²) in [4.78, 5) is 17.7. The van der Waals surface area contributed by atoms with Crippen molar-refractivity contribution in [3.8, 4) is 5.75 Å². The van der Waals surface area contributed by atoms with Gasteiger partial charge in [-0.15, -0.1) is 22.7 Å². The fourth-order valence-electron chi connectivity index (χ4n) is 3.40. The lowest BCUT2D eigenvalue weighted by molar-refractivity contribution is -0.117. The van der Waals surface area contributed by atoms with Gasteiger partial charge in [0.1, 0.15) is 5.75 Å². The number of carbonyl (C=O) groups is 1. The molecule has 0 fully saturated rings. The van der Waals surface area contributed by atoms with E-state index < -0.39 is 0 Å². The van der Waals surface area contributed by atoms with E-state index in [9.17, 15) is 4.79 Å². The number of hydrogen-bond acceptors (Lipinski definition) is 5. The third-order valence-electron chi connectivity index (χ3n) is 4.58. The zero-order chi connectivity index (χ0) is 17.9. The molecule has 1 atom stereocenters. The van der Waals surface area contributed by atoms with Crippen molar-refractivity contribution in [3.05, 3.63) is 68.5 Å². The van der Waals surface area contributed by atoms with Crippen LogP contribution in [-0.4, -0.2) is 31.0 Å². The molecule has 3 aromatic rings. The van der Waals surface area contributed by atoms with Crippen molar-refractivity contribution in [1.82, 2.24) is 4.90 Å². The topological polar surface area (TPSA) is 41.6 Å². The first-order valence-corrected chi connectivity index (χ1v) is 10.3. The van der Waals surface area contributed by atoms with Crippen LogP contribution in [0, 0.1) is 0 Å². The van der Waals surface area contributed by atoms with E-state index in [2.05, 4.69) is 39.2 Å². The molecule has 0 radical (unpaired) electrons. The molecular formula is C20H20N2O2S2. The molecule has 2 aromatic heterocycles. The first-order chi connectivity index (χ1) is 12.7. The maximum absolute atomic E-state index is 12.7. The van der Waals surface area contributed by atoms with Crippen LogP contribution in [0.1, 0.15) is 21.4 Å². The Kier molecular flexibility index (Phi) is 5.06. The predicted octanol–water partition coefficient (Wildman–Crippen LogP) is 4.40. The Morgan fingerprint density at radius 1 is 1.23 bits per heavy atom. The molecule has 1 aliphatic heterocycles. The first kappa shape index (κ1) is 17.3. The van der Waals surface area contributed by atoms with Crippen LogP contribution in [0.25, 0.3) is 0 Å². The molecule has 134 valence electrons. The van der Waals surface area contributed by atoms with Gasteiger partial charge in [0.15, 0.2) is 0 Å². The summed E-state index contributed by atoms with van der Waals surface area (Å²) in [5.41, 5.74) is 2.10. The molecule has 6 heteroatoms. The molecule has 0 spiro atoms. The molecule has 0 aliphatic carbocycles. The number of amides is 1. The van der Waals surface area contributed by atoms with E-state index in [1.54, 1.807) is 18.4 Å². The van der Waals surface area contributed by atoms with E-state index in [4.69, 9.17) is 4.74 Å². The molecule has 1 amide bonds. The third kappa shape index (κ3) is 3.53. The van der Waals surface area contributed by atoms with Crippen LogP contribution < -0.4 is 10.1 Å². The molecule has 0 saturated heterocycles. The maximum Gasteiger partial charge on any atom is 0.238 e. The van der Waals surface area contributed by atoms with Crippen molar-refractivity contribution < 1.29 is 9.53 Å². The summed E-state index contributed by atoms with van der Waals surface area (Å²) in [7, 11) is 1.62. The number of methoxy groups -OCH3 is 1. The predicted molar refractivity (Wildman–Crippen MR) is 107 cm³/mol. The second-order valence-electron chi connectivity index (χ2n) is 6.22. The third-order valence-corrected chi connectivity index (χ3v) is 6.50. The van der Waals surface area contributed by atoms with Crippen molar-refractivity contribution in [2.45, 2.75) is 12.5 Å². The van der Waals surface area contributed by atoms with Gasteiger partial charge >= 0.3 is 0 Å². The summed E-state index contributed by atoms with van der Waals surface area (Å²) in [6.07, 6.45) is 1.00. The van der Waals surface area contributed by atoms with E-state index in [1.165, 1.54) is 15.3 Å². The van der Waals surface area contributed by atoms with Gasteiger partial charge < -0.3 is 10.1 Å². The van der Waals surface area contributed by atoms with E-state index in [-0.39, 0.29) is 11.9 Å². The van der Waals surface area contributed by atoms with Gasteiger partial charge in [0.25, 0.3) is 0 Å². The van der Waals surface area contributed by atoms with E-state index in [0.29, 0.717) is 6.54 Å². The van der Waals surface area contributed by atoms with Gasteiger partial charge in [-0.05, 0) is 47.0 Å². The molecule has 1 N–H and O–H groups in total. The van der Waals surface area contributed by atoms with Crippen LogP contribution >= 0.6 is 22.7 Å². The normalized spacial score (nSPS) is 16.9. The molecule has 1 aliphatic rings. The summed E-state index contributed by atoms with van der Waals surface area (Å²) in [6, 6.07) is 14.1. The smallest absolute Gasteiger partial charge is 0.238 e. The highest BCUT2D eigenvalue weighted by Crippen LogP contribution is 2.39. The molecule has 4 nitrogen and oxygen atoms in total. The highest BCUT2D eigenvalue weighted by Gasteiger charge is 2.31. The lowest BCUT2D eigenvalue weighted by Crippen LogP contribution is -2.40. The number of carbonyl (C=O) groups excluding carboxylic acids is 1. The molecule has 0 unspecified atom stereocenters. The Bertz CT molecular complexity index is 889. The summed E-state index contributed by atoms with van der Waals surface area (Å²) in [6.45, 7) is 1.26. The molecule has 4 rings (SSSR count). The highest BCUT2D eigenvalue weighted by molar-refractivity contribution is 7.10. The largest absolute Gasteiger partial charge is 0.497 e. The summed E-state index contributed by atoms with van der Waals surface area (Å²) in [5, 5.41) is 7.25. The number of ether oxygens (including phenoxy) is 1. The first-order valence-electron chi connectivity index (χ1n) is 8.52. The number of thiophene rings is 2. The summed E-state index contributed by atoms with van der Waals surface area (Å²) >= 11 is 3.57. The molecule has 0 saturated carbocycles. The van der Waals surface area contributed by atoms with Gasteiger partial charge in [0.05, 0.1) is 19.7 Å². The van der Waals surface area contributed by atoms with Crippen molar-refractivity contribution >= 4 is 34.3 Å². The number of hydrogen-bond donors (Lipinski definition) is 1. The molecule has 3 heterocycles. The number of fused-ring (bicyclic) bond motifs is 1. The van der Waals surface area contributed by atoms with Crippen LogP contribution in [-0.2, 0) is 11.2 Å². The van der Waals surface area contributed by atoms with Gasteiger partial charge in [-0.25, -0.2) is 0 Å². The van der Waals surface area contributed by atoms with Gasteiger partial charge in [0, 0.05) is 28.1 Å². The second kappa shape index (κ2) is 7.61. The quantitative estimate of drug-likeness (QED) is 0.709. The second-order valence-corrected chi connectivity index (χ2v) is 8.20. The van der Waals surface area contributed by atoms with E-state index in [0.717, 1.165) is 24.4 Å². The van der Waals surface area contributed by atoms with Crippen LogP contribution in [0.2, 0.25) is 0 Å². The molecule has 26 heavy (non-hydrogen) atoms.